The Morgan fingerprint density at radius 3 is 2.75 bits per heavy atom. The van der Waals surface area contributed by atoms with E-state index in [0.717, 1.165) is 0 Å². The molecule has 0 saturated carbocycles. The number of nitrogens with one attached hydrogen (secondary N) is 1. The second-order valence-electron chi connectivity index (χ2n) is 5.23. The van der Waals surface area contributed by atoms with E-state index in [1.165, 1.54) is 12.1 Å². The van der Waals surface area contributed by atoms with E-state index in [9.17, 15) is 12.8 Å². The van der Waals surface area contributed by atoms with E-state index in [1.54, 1.807) is 6.07 Å². The molecule has 1 aromatic carbocycles. The first kappa shape index (κ1) is 14.9. The van der Waals surface area contributed by atoms with Crippen LogP contribution in [-0.2, 0) is 16.4 Å². The average Bonchev–Trinajstić information content (AvgIpc) is 2.69. The first-order chi connectivity index (χ1) is 9.27. The van der Waals surface area contributed by atoms with Crippen LogP contribution in [0, 0.1) is 11.2 Å². The smallest absolute Gasteiger partial charge is 0.151 e. The zero-order valence-electron chi connectivity index (χ0n) is 11.3. The van der Waals surface area contributed by atoms with E-state index in [1.807, 2.05) is 11.9 Å². The molecular weight excluding hydrogens is 281 g/mol. The molecule has 1 saturated heterocycles. The molecule has 0 aliphatic carbocycles. The highest BCUT2D eigenvalue weighted by molar-refractivity contribution is 7.91. The summed E-state index contributed by atoms with van der Waals surface area (Å²) in [5.74, 6) is -0.264. The van der Waals surface area contributed by atoms with E-state index in [-0.39, 0.29) is 23.4 Å². The fraction of sp³-hybridized carbons (Fsp3) is 0.462. The molecule has 3 N–H and O–H groups in total. The first-order valence-corrected chi connectivity index (χ1v) is 8.13. The summed E-state index contributed by atoms with van der Waals surface area (Å²) in [7, 11) is -1.11. The third kappa shape index (κ3) is 3.55. The van der Waals surface area contributed by atoms with Gasteiger partial charge in [-0.15, -0.1) is 0 Å². The Balaban J connectivity index is 2.12. The number of rotatable bonds is 4. The number of nitrogens with zero attached hydrogens (tertiary/aromatic N) is 1. The number of amidine groups is 1. The van der Waals surface area contributed by atoms with E-state index in [0.29, 0.717) is 24.1 Å². The van der Waals surface area contributed by atoms with Crippen molar-refractivity contribution in [1.29, 1.82) is 5.41 Å². The molecule has 1 aliphatic heterocycles. The molecule has 1 unspecified atom stereocenters. The Bertz CT molecular complexity index is 631. The van der Waals surface area contributed by atoms with E-state index >= 15 is 0 Å². The molecule has 20 heavy (non-hydrogen) atoms. The number of halogens is 1. The summed E-state index contributed by atoms with van der Waals surface area (Å²) in [4.78, 5) is 1.91. The van der Waals surface area contributed by atoms with Crippen LogP contribution >= 0.6 is 0 Å². The highest BCUT2D eigenvalue weighted by atomic mass is 32.2. The molecule has 1 aliphatic rings. The van der Waals surface area contributed by atoms with Gasteiger partial charge < -0.3 is 5.73 Å². The van der Waals surface area contributed by atoms with Gasteiger partial charge in [0.25, 0.3) is 0 Å². The molecule has 0 bridgehead atoms. The van der Waals surface area contributed by atoms with Crippen LogP contribution in [0.15, 0.2) is 18.2 Å². The molecule has 2 rings (SSSR count). The van der Waals surface area contributed by atoms with Crippen LogP contribution in [0.5, 0.6) is 0 Å². The summed E-state index contributed by atoms with van der Waals surface area (Å²) in [5, 5.41) is 7.35. The maximum Gasteiger partial charge on any atom is 0.151 e. The number of hydrogen-bond donors (Lipinski definition) is 2. The third-order valence-electron chi connectivity index (χ3n) is 3.53. The number of nitrogens with two attached hydrogens (primary N) is 1. The van der Waals surface area contributed by atoms with Gasteiger partial charge in [0.05, 0.1) is 11.5 Å². The molecule has 7 heteroatoms. The molecular formula is C13H18FN3O2S. The van der Waals surface area contributed by atoms with Crippen molar-refractivity contribution in [2.24, 2.45) is 5.73 Å². The molecule has 1 fully saturated rings. The average molecular weight is 299 g/mol. The maximum absolute atomic E-state index is 13.5. The minimum atomic E-state index is -2.93. The summed E-state index contributed by atoms with van der Waals surface area (Å²) >= 11 is 0. The Labute approximate surface area is 118 Å². The standard InChI is InChI=1S/C13H18FN3O2S/c1-17(12-2-3-20(18,19)8-12)7-9-4-10(13(15)16)6-11(14)5-9/h4-6,12H,2-3,7-8H2,1H3,(H3,15,16). The topological polar surface area (TPSA) is 87.2 Å². The Hall–Kier alpha value is -1.47. The van der Waals surface area contributed by atoms with Gasteiger partial charge >= 0.3 is 0 Å². The van der Waals surface area contributed by atoms with Crippen molar-refractivity contribution in [2.45, 2.75) is 19.0 Å². The van der Waals surface area contributed by atoms with Crippen LogP contribution < -0.4 is 5.73 Å². The van der Waals surface area contributed by atoms with Crippen molar-refractivity contribution in [2.75, 3.05) is 18.6 Å². The van der Waals surface area contributed by atoms with Gasteiger partial charge in [0.2, 0.25) is 0 Å². The minimum Gasteiger partial charge on any atom is -0.384 e. The second kappa shape index (κ2) is 5.49. The number of benzene rings is 1. The molecule has 0 radical (unpaired) electrons. The SMILES string of the molecule is CN(Cc1cc(F)cc(C(=N)N)c1)C1CCS(=O)(=O)C1. The monoisotopic (exact) mass is 299 g/mol. The molecule has 110 valence electrons. The van der Waals surface area contributed by atoms with E-state index in [4.69, 9.17) is 11.1 Å². The lowest BCUT2D eigenvalue weighted by Crippen LogP contribution is -2.32. The van der Waals surface area contributed by atoms with Gasteiger partial charge in [-0.2, -0.15) is 0 Å². The third-order valence-corrected chi connectivity index (χ3v) is 5.28. The zero-order chi connectivity index (χ0) is 14.9. The van der Waals surface area contributed by atoms with E-state index < -0.39 is 15.7 Å². The van der Waals surface area contributed by atoms with Crippen molar-refractivity contribution in [1.82, 2.24) is 4.90 Å². The van der Waals surface area contributed by atoms with Crippen LogP contribution in [0.4, 0.5) is 4.39 Å². The van der Waals surface area contributed by atoms with Crippen molar-refractivity contribution < 1.29 is 12.8 Å². The molecule has 1 atom stereocenters. The van der Waals surface area contributed by atoms with Crippen LogP contribution in [0.3, 0.4) is 0 Å². The fourth-order valence-electron chi connectivity index (χ4n) is 2.44. The minimum absolute atomic E-state index is 0.0379. The van der Waals surface area contributed by atoms with Crippen LogP contribution in [0.25, 0.3) is 0 Å². The van der Waals surface area contributed by atoms with Gasteiger partial charge in [0.15, 0.2) is 9.84 Å². The maximum atomic E-state index is 13.5. The van der Waals surface area contributed by atoms with Crippen molar-refractivity contribution in [3.63, 3.8) is 0 Å². The summed E-state index contributed by atoms with van der Waals surface area (Å²) in [6, 6.07) is 4.22. The summed E-state index contributed by atoms with van der Waals surface area (Å²) in [6.45, 7) is 0.429. The highest BCUT2D eigenvalue weighted by Crippen LogP contribution is 2.19. The molecule has 5 nitrogen and oxygen atoms in total. The second-order valence-corrected chi connectivity index (χ2v) is 7.46. The van der Waals surface area contributed by atoms with E-state index in [2.05, 4.69) is 0 Å². The number of nitrogen functional groups attached to an aromatic ring is 1. The molecule has 1 aromatic rings. The van der Waals surface area contributed by atoms with Gasteiger partial charge in [-0.1, -0.05) is 0 Å². The molecule has 0 amide bonds. The zero-order valence-corrected chi connectivity index (χ0v) is 12.1. The normalized spacial score (nSPS) is 21.2. The predicted molar refractivity (Wildman–Crippen MR) is 75.9 cm³/mol. The molecule has 1 heterocycles. The summed E-state index contributed by atoms with van der Waals surface area (Å²) < 4.78 is 36.4. The van der Waals surface area contributed by atoms with Gasteiger partial charge in [-0.05, 0) is 37.2 Å². The van der Waals surface area contributed by atoms with Gasteiger partial charge in [-0.25, -0.2) is 12.8 Å². The van der Waals surface area contributed by atoms with Gasteiger partial charge in [0.1, 0.15) is 11.7 Å². The van der Waals surface area contributed by atoms with Crippen molar-refractivity contribution in [3.05, 3.63) is 35.1 Å². The molecule has 0 aromatic heterocycles. The van der Waals surface area contributed by atoms with Gasteiger partial charge in [0, 0.05) is 18.2 Å². The highest BCUT2D eigenvalue weighted by Gasteiger charge is 2.30. The Morgan fingerprint density at radius 2 is 2.20 bits per heavy atom. The van der Waals surface area contributed by atoms with Crippen molar-refractivity contribution in [3.8, 4) is 0 Å². The number of hydrogen-bond acceptors (Lipinski definition) is 4. The van der Waals surface area contributed by atoms with Gasteiger partial charge in [-0.3, -0.25) is 10.3 Å². The van der Waals surface area contributed by atoms with Crippen molar-refractivity contribution >= 4 is 15.7 Å². The van der Waals surface area contributed by atoms with Crippen LogP contribution in [0.1, 0.15) is 17.5 Å². The fourth-order valence-corrected chi connectivity index (χ4v) is 4.24. The first-order valence-electron chi connectivity index (χ1n) is 6.31. The lowest BCUT2D eigenvalue weighted by Gasteiger charge is -2.23. The summed E-state index contributed by atoms with van der Waals surface area (Å²) in [5.41, 5.74) is 6.39. The van der Waals surface area contributed by atoms with Crippen LogP contribution in [-0.4, -0.2) is 43.7 Å². The Kier molecular flexibility index (Phi) is 4.10. The summed E-state index contributed by atoms with van der Waals surface area (Å²) in [6.07, 6.45) is 0.605. The largest absolute Gasteiger partial charge is 0.384 e. The van der Waals surface area contributed by atoms with Crippen LogP contribution in [0.2, 0.25) is 0 Å². The Morgan fingerprint density at radius 1 is 1.50 bits per heavy atom. The quantitative estimate of drug-likeness (QED) is 0.634. The number of sulfone groups is 1. The predicted octanol–water partition coefficient (Wildman–Crippen LogP) is 0.729. The lowest BCUT2D eigenvalue weighted by atomic mass is 10.1. The molecule has 0 spiro atoms. The lowest BCUT2D eigenvalue weighted by molar-refractivity contribution is 0.253.